The molecule has 0 bridgehead atoms. The van der Waals surface area contributed by atoms with Crippen molar-refractivity contribution in [2.75, 3.05) is 91.0 Å². The molecular formula is C55H70ClN9O11S. The molecule has 0 spiro atoms. The van der Waals surface area contributed by atoms with E-state index in [1.807, 2.05) is 67.9 Å². The summed E-state index contributed by atoms with van der Waals surface area (Å²) in [4.78, 5) is 76.2. The van der Waals surface area contributed by atoms with E-state index in [0.717, 1.165) is 39.9 Å². The summed E-state index contributed by atoms with van der Waals surface area (Å²) in [6, 6.07) is 17.5. The SMILES string of the molecule is CC1N=CSC1c1ccc(CNC(=O)[C@@H]2C[C@@H](O)CN2C(=O)[C@H](C(C)C)N2Cc3ccccc3C2=O)c(OCCOCCOCCOCCOCCNC(=O)CN2CCc3c(cccc3Nc3cnn(C)c(=O)c3Cl)C2)c1. The van der Waals surface area contributed by atoms with Crippen molar-refractivity contribution in [1.29, 1.82) is 0 Å². The Hall–Kier alpha value is -5.91. The summed E-state index contributed by atoms with van der Waals surface area (Å²) >= 11 is 7.92. The van der Waals surface area contributed by atoms with Gasteiger partial charge in [0.25, 0.3) is 11.5 Å². The van der Waals surface area contributed by atoms with Crippen molar-refractivity contribution in [3.05, 3.63) is 116 Å². The smallest absolute Gasteiger partial charge is 0.287 e. The van der Waals surface area contributed by atoms with Crippen LogP contribution in [0.4, 0.5) is 11.4 Å². The van der Waals surface area contributed by atoms with Gasteiger partial charge in [-0.25, -0.2) is 4.68 Å². The number of carbonyl (C=O) groups excluding carboxylic acids is 4. The molecule has 4 aliphatic rings. The lowest BCUT2D eigenvalue weighted by molar-refractivity contribution is -0.143. The standard InChI is InChI=1S/C55H70ClN9O11S/c1-35(2)50(65-31-40-8-5-6-10-43(40)53(65)69)55(71)64-32-41(66)27-46(64)52(68)58-28-38-13-12-37(51-36(3)59-34-77-51)26-47(38)76-25-24-75-23-22-74-21-20-73-19-18-72-17-15-57-48(67)33-63-16-14-42-39(30-63)9-7-11-44(42)61-45-29-60-62(4)54(70)49(45)56/h5-13,26,29,34-36,41,46,50-51,61,66H,14-25,27-28,30-33H2,1-4H3,(H,57,67)(H,58,68)/t36?,41-,46+,50+,51?/m1/s1. The monoisotopic (exact) mass is 1100 g/mol. The van der Waals surface area contributed by atoms with Crippen LogP contribution in [0.15, 0.2) is 76.6 Å². The minimum Gasteiger partial charge on any atom is -0.491 e. The number of aryl methyl sites for hydroxylation is 1. The van der Waals surface area contributed by atoms with Gasteiger partial charge >= 0.3 is 0 Å². The molecule has 0 aliphatic carbocycles. The van der Waals surface area contributed by atoms with E-state index in [1.54, 1.807) is 35.8 Å². The molecule has 3 aromatic carbocycles. The van der Waals surface area contributed by atoms with E-state index in [4.69, 9.17) is 35.3 Å². The molecule has 0 radical (unpaired) electrons. The van der Waals surface area contributed by atoms with Crippen LogP contribution in [0.2, 0.25) is 5.02 Å². The number of aliphatic hydroxyl groups excluding tert-OH is 1. The van der Waals surface area contributed by atoms with Crippen molar-refractivity contribution >= 4 is 63.9 Å². The van der Waals surface area contributed by atoms with Gasteiger partial charge in [-0.1, -0.05) is 67.9 Å². The first-order valence-corrected chi connectivity index (χ1v) is 27.6. The third-order valence-corrected chi connectivity index (χ3v) is 15.5. The van der Waals surface area contributed by atoms with Crippen molar-refractivity contribution in [2.45, 2.75) is 82.7 Å². The van der Waals surface area contributed by atoms with Gasteiger partial charge < -0.3 is 54.5 Å². The fourth-order valence-electron chi connectivity index (χ4n) is 9.99. The number of aliphatic imine (C=N–C) groups is 1. The second-order valence-corrected chi connectivity index (χ2v) is 21.2. The lowest BCUT2D eigenvalue weighted by Crippen LogP contribution is -2.55. The Kier molecular flexibility index (Phi) is 20.5. The molecule has 2 unspecified atom stereocenters. The van der Waals surface area contributed by atoms with Crippen molar-refractivity contribution in [3.63, 3.8) is 0 Å². The average Bonchev–Trinajstić information content (AvgIpc) is 4.18. The Morgan fingerprint density at radius 3 is 2.30 bits per heavy atom. The summed E-state index contributed by atoms with van der Waals surface area (Å²) in [7, 11) is 1.55. The highest BCUT2D eigenvalue weighted by molar-refractivity contribution is 8.12. The quantitative estimate of drug-likeness (QED) is 0.0612. The highest BCUT2D eigenvalue weighted by atomic mass is 35.5. The van der Waals surface area contributed by atoms with E-state index < -0.39 is 24.1 Å². The zero-order valence-electron chi connectivity index (χ0n) is 44.1. The van der Waals surface area contributed by atoms with E-state index in [2.05, 4.69) is 37.9 Å². The predicted octanol–water partition coefficient (Wildman–Crippen LogP) is 4.26. The number of anilines is 2. The summed E-state index contributed by atoms with van der Waals surface area (Å²) in [5.74, 6) is -0.688. The predicted molar refractivity (Wildman–Crippen MR) is 293 cm³/mol. The molecule has 22 heteroatoms. The zero-order chi connectivity index (χ0) is 54.4. The number of nitrogens with one attached hydrogen (secondary N) is 3. The van der Waals surface area contributed by atoms with Gasteiger partial charge in [0.1, 0.15) is 29.5 Å². The van der Waals surface area contributed by atoms with Crippen LogP contribution in [0.1, 0.15) is 70.6 Å². The summed E-state index contributed by atoms with van der Waals surface area (Å²) in [5.41, 5.74) is 8.23. The van der Waals surface area contributed by atoms with E-state index in [0.29, 0.717) is 96.0 Å². The molecule has 4 aliphatic heterocycles. The van der Waals surface area contributed by atoms with Crippen LogP contribution in [-0.4, -0.2) is 169 Å². The first-order chi connectivity index (χ1) is 37.3. The highest BCUT2D eigenvalue weighted by Gasteiger charge is 2.46. The molecule has 1 aromatic heterocycles. The number of aliphatic hydroxyl groups is 1. The molecule has 0 saturated carbocycles. The summed E-state index contributed by atoms with van der Waals surface area (Å²) in [5, 5.41) is 24.2. The van der Waals surface area contributed by atoms with Gasteiger partial charge in [0.15, 0.2) is 0 Å². The number of benzene rings is 3. The number of hydrogen-bond acceptors (Lipinski definition) is 16. The van der Waals surface area contributed by atoms with Crippen LogP contribution in [0.25, 0.3) is 0 Å². The van der Waals surface area contributed by atoms with Crippen molar-refractivity contribution in [2.24, 2.45) is 18.0 Å². The van der Waals surface area contributed by atoms with Crippen LogP contribution in [0, 0.1) is 5.92 Å². The van der Waals surface area contributed by atoms with E-state index in [-0.39, 0.29) is 78.2 Å². The topological polar surface area (TPSA) is 228 Å². The maximum Gasteiger partial charge on any atom is 0.287 e. The second kappa shape index (κ2) is 27.6. The second-order valence-electron chi connectivity index (χ2n) is 19.8. The van der Waals surface area contributed by atoms with Gasteiger partial charge in [0, 0.05) is 69.6 Å². The van der Waals surface area contributed by atoms with Gasteiger partial charge in [-0.2, -0.15) is 5.10 Å². The summed E-state index contributed by atoms with van der Waals surface area (Å²) in [6.45, 7) is 11.4. The van der Waals surface area contributed by atoms with E-state index in [9.17, 15) is 29.1 Å². The highest BCUT2D eigenvalue weighted by Crippen LogP contribution is 2.39. The minimum absolute atomic E-state index is 0.00356. The maximum atomic E-state index is 14.2. The van der Waals surface area contributed by atoms with Crippen molar-refractivity contribution in [1.82, 2.24) is 35.1 Å². The molecule has 4 amide bonds. The molecule has 4 aromatic rings. The fraction of sp³-hybridized carbons (Fsp3) is 0.509. The molecule has 4 N–H and O–H groups in total. The van der Waals surface area contributed by atoms with Gasteiger partial charge in [-0.3, -0.25) is 33.9 Å². The molecule has 5 heterocycles. The number of halogens is 1. The fourth-order valence-corrected chi connectivity index (χ4v) is 11.2. The average molecular weight is 1100 g/mol. The zero-order valence-corrected chi connectivity index (χ0v) is 45.7. The third kappa shape index (κ3) is 14.8. The normalized spacial score (nSPS) is 19.4. The number of ether oxygens (including phenoxy) is 5. The van der Waals surface area contributed by atoms with Crippen LogP contribution in [0.5, 0.6) is 5.75 Å². The number of fused-ring (bicyclic) bond motifs is 2. The molecule has 1 saturated heterocycles. The number of hydrogen-bond donors (Lipinski definition) is 4. The number of nitrogens with zero attached hydrogens (tertiary/aromatic N) is 6. The number of amides is 4. The number of likely N-dealkylation sites (tertiary alicyclic amines) is 1. The number of carbonyl (C=O) groups is 4. The van der Waals surface area contributed by atoms with Gasteiger partial charge in [0.2, 0.25) is 17.7 Å². The molecule has 414 valence electrons. The molecule has 8 rings (SSSR count). The first kappa shape index (κ1) is 57.3. The first-order valence-electron chi connectivity index (χ1n) is 26.2. The lowest BCUT2D eigenvalue weighted by atomic mass is 9.97. The third-order valence-electron chi connectivity index (χ3n) is 14.0. The number of β-amino-alcohol motifs (C(OH)–C–C–N with tert-alkyl or cyclic N) is 1. The molecule has 1 fully saturated rings. The Morgan fingerprint density at radius 2 is 1.58 bits per heavy atom. The van der Waals surface area contributed by atoms with Gasteiger partial charge in [0.05, 0.1) is 94.2 Å². The number of rotatable bonds is 27. The minimum atomic E-state index is -0.912. The molecule has 20 nitrogen and oxygen atoms in total. The lowest BCUT2D eigenvalue weighted by Gasteiger charge is -2.35. The molecule has 77 heavy (non-hydrogen) atoms. The summed E-state index contributed by atoms with van der Waals surface area (Å²) in [6.07, 6.45) is 1.46. The van der Waals surface area contributed by atoms with Crippen LogP contribution in [-0.2, 0) is 66.4 Å². The van der Waals surface area contributed by atoms with Gasteiger partial charge in [-0.05, 0) is 59.7 Å². The van der Waals surface area contributed by atoms with Crippen LogP contribution in [0.3, 0.4) is 0 Å². The number of thioether (sulfide) groups is 1. The Labute approximate surface area is 458 Å². The number of aromatic nitrogens is 2. The Morgan fingerprint density at radius 1 is 0.870 bits per heavy atom. The Balaban J connectivity index is 0.686. The summed E-state index contributed by atoms with van der Waals surface area (Å²) < 4.78 is 30.2. The maximum absolute atomic E-state index is 14.2. The van der Waals surface area contributed by atoms with Crippen LogP contribution < -0.4 is 26.2 Å². The molecule has 5 atom stereocenters. The van der Waals surface area contributed by atoms with Crippen molar-refractivity contribution < 1.29 is 48.0 Å². The van der Waals surface area contributed by atoms with Crippen LogP contribution >= 0.6 is 23.4 Å². The Bertz CT molecular complexity index is 2800. The van der Waals surface area contributed by atoms with E-state index in [1.165, 1.54) is 15.8 Å². The largest absolute Gasteiger partial charge is 0.491 e. The van der Waals surface area contributed by atoms with Crippen molar-refractivity contribution in [3.8, 4) is 5.75 Å². The van der Waals surface area contributed by atoms with Gasteiger partial charge in [-0.15, -0.1) is 11.8 Å². The molecular weight excluding hydrogens is 1030 g/mol. The van der Waals surface area contributed by atoms with E-state index >= 15 is 0 Å².